The van der Waals surface area contributed by atoms with Crippen LogP contribution in [-0.2, 0) is 15.8 Å². The quantitative estimate of drug-likeness (QED) is 0.755. The van der Waals surface area contributed by atoms with Gasteiger partial charge in [-0.25, -0.2) is 8.42 Å². The molecule has 0 aromatic heterocycles. The van der Waals surface area contributed by atoms with Crippen molar-refractivity contribution < 1.29 is 13.5 Å². The van der Waals surface area contributed by atoms with E-state index in [4.69, 9.17) is 5.73 Å². The van der Waals surface area contributed by atoms with Crippen molar-refractivity contribution in [2.45, 2.75) is 18.3 Å². The molecule has 1 heterocycles. The van der Waals surface area contributed by atoms with E-state index in [2.05, 4.69) is 0 Å². The maximum atomic E-state index is 12.0. The van der Waals surface area contributed by atoms with E-state index >= 15 is 0 Å². The number of hydrogen-bond donors (Lipinski definition) is 2. The first-order valence-corrected chi connectivity index (χ1v) is 6.95. The van der Waals surface area contributed by atoms with Gasteiger partial charge in [-0.2, -0.15) is 4.31 Å². The molecule has 6 heteroatoms. The number of nitrogens with two attached hydrogens (primary N) is 1. The Morgan fingerprint density at radius 2 is 2.00 bits per heavy atom. The van der Waals surface area contributed by atoms with Crippen molar-refractivity contribution in [3.05, 3.63) is 29.8 Å². The number of para-hydroxylation sites is 1. The minimum absolute atomic E-state index is 0.115. The molecular formula is C11H16N2O3S. The van der Waals surface area contributed by atoms with Crippen LogP contribution in [0.25, 0.3) is 0 Å². The van der Waals surface area contributed by atoms with Crippen LogP contribution in [0.3, 0.4) is 0 Å². The minimum atomic E-state index is -3.38. The fourth-order valence-electron chi connectivity index (χ4n) is 1.86. The number of anilines is 1. The minimum Gasteiger partial charge on any atom is -0.398 e. The van der Waals surface area contributed by atoms with Crippen molar-refractivity contribution in [2.24, 2.45) is 0 Å². The van der Waals surface area contributed by atoms with E-state index in [1.807, 2.05) is 0 Å². The molecule has 0 spiro atoms. The molecule has 17 heavy (non-hydrogen) atoms. The first kappa shape index (κ1) is 12.3. The molecule has 1 aliphatic heterocycles. The lowest BCUT2D eigenvalue weighted by molar-refractivity contribution is -0.0427. The molecule has 5 nitrogen and oxygen atoms in total. The van der Waals surface area contributed by atoms with Gasteiger partial charge in [0, 0.05) is 18.8 Å². The number of rotatable bonds is 3. The molecule has 1 aliphatic rings. The van der Waals surface area contributed by atoms with E-state index < -0.39 is 15.6 Å². The molecule has 0 atom stereocenters. The number of β-amino-alcohol motifs (C(OH)–C–C–N with tert-alkyl or cyclic N) is 1. The highest BCUT2D eigenvalue weighted by molar-refractivity contribution is 7.88. The van der Waals surface area contributed by atoms with Gasteiger partial charge < -0.3 is 10.8 Å². The van der Waals surface area contributed by atoms with Crippen molar-refractivity contribution in [2.75, 3.05) is 18.8 Å². The number of nitrogens with zero attached hydrogens (tertiary/aromatic N) is 1. The number of sulfonamides is 1. The molecule has 0 radical (unpaired) electrons. The van der Waals surface area contributed by atoms with Crippen molar-refractivity contribution in [3.8, 4) is 0 Å². The van der Waals surface area contributed by atoms with Gasteiger partial charge in [-0.3, -0.25) is 0 Å². The lowest BCUT2D eigenvalue weighted by atomic mass is 10.0. The summed E-state index contributed by atoms with van der Waals surface area (Å²) < 4.78 is 25.2. The average Bonchev–Trinajstić information content (AvgIpc) is 2.18. The Morgan fingerprint density at radius 3 is 2.53 bits per heavy atom. The summed E-state index contributed by atoms with van der Waals surface area (Å²) in [5.74, 6) is -0.115. The molecule has 0 aliphatic carbocycles. The van der Waals surface area contributed by atoms with Crippen LogP contribution in [0.15, 0.2) is 24.3 Å². The first-order valence-electron chi connectivity index (χ1n) is 5.34. The fraction of sp³-hybridized carbons (Fsp3) is 0.455. The summed E-state index contributed by atoms with van der Waals surface area (Å²) in [5.41, 5.74) is 5.89. The monoisotopic (exact) mass is 256 g/mol. The molecule has 1 aromatic carbocycles. The van der Waals surface area contributed by atoms with Gasteiger partial charge in [-0.05, 0) is 18.6 Å². The third kappa shape index (κ3) is 2.59. The highest BCUT2D eigenvalue weighted by atomic mass is 32.2. The lowest BCUT2D eigenvalue weighted by Gasteiger charge is -2.42. The fourth-order valence-corrected chi connectivity index (χ4v) is 3.65. The lowest BCUT2D eigenvalue weighted by Crippen LogP contribution is -2.61. The molecule has 0 saturated carbocycles. The van der Waals surface area contributed by atoms with E-state index in [0.29, 0.717) is 11.3 Å². The van der Waals surface area contributed by atoms with Gasteiger partial charge in [0.15, 0.2) is 0 Å². The van der Waals surface area contributed by atoms with Crippen LogP contribution >= 0.6 is 0 Å². The Balaban J connectivity index is 2.12. The van der Waals surface area contributed by atoms with Crippen LogP contribution in [0.1, 0.15) is 12.5 Å². The molecule has 1 aromatic rings. The van der Waals surface area contributed by atoms with Gasteiger partial charge in [0.05, 0.1) is 11.4 Å². The highest BCUT2D eigenvalue weighted by Gasteiger charge is 2.43. The van der Waals surface area contributed by atoms with Gasteiger partial charge in [0.25, 0.3) is 0 Å². The molecule has 0 unspecified atom stereocenters. The largest absolute Gasteiger partial charge is 0.398 e. The summed E-state index contributed by atoms with van der Waals surface area (Å²) in [5, 5.41) is 9.54. The number of aliphatic hydroxyl groups is 1. The van der Waals surface area contributed by atoms with E-state index in [1.54, 1.807) is 31.2 Å². The molecule has 3 N–H and O–H groups in total. The Hall–Kier alpha value is -1.11. The summed E-state index contributed by atoms with van der Waals surface area (Å²) in [6.45, 7) is 1.93. The van der Waals surface area contributed by atoms with Gasteiger partial charge in [-0.1, -0.05) is 18.2 Å². The zero-order chi connectivity index (χ0) is 12.7. The SMILES string of the molecule is CC1(O)CN(S(=O)(=O)Cc2ccccc2N)C1. The maximum absolute atomic E-state index is 12.0. The van der Waals surface area contributed by atoms with Crippen molar-refractivity contribution in [1.29, 1.82) is 0 Å². The second kappa shape index (κ2) is 3.97. The summed E-state index contributed by atoms with van der Waals surface area (Å²) in [7, 11) is -3.38. The van der Waals surface area contributed by atoms with Crippen molar-refractivity contribution in [1.82, 2.24) is 4.31 Å². The van der Waals surface area contributed by atoms with E-state index in [9.17, 15) is 13.5 Å². The third-order valence-corrected chi connectivity index (χ3v) is 4.54. The second-order valence-electron chi connectivity index (χ2n) is 4.72. The topological polar surface area (TPSA) is 83.6 Å². The Labute approximate surface area is 101 Å². The standard InChI is InChI=1S/C11H16N2O3S/c1-11(14)7-13(8-11)17(15,16)6-9-4-2-3-5-10(9)12/h2-5,14H,6-8,12H2,1H3. The predicted octanol–water partition coefficient (Wildman–Crippen LogP) is 0.165. The van der Waals surface area contributed by atoms with Gasteiger partial charge >= 0.3 is 0 Å². The molecule has 94 valence electrons. The molecule has 0 amide bonds. The summed E-state index contributed by atoms with van der Waals surface area (Å²) >= 11 is 0. The molecule has 2 rings (SSSR count). The predicted molar refractivity (Wildman–Crippen MR) is 65.7 cm³/mol. The van der Waals surface area contributed by atoms with Crippen LogP contribution in [-0.4, -0.2) is 36.5 Å². The van der Waals surface area contributed by atoms with Gasteiger partial charge in [-0.15, -0.1) is 0 Å². The first-order chi connectivity index (χ1) is 7.80. The maximum Gasteiger partial charge on any atom is 0.218 e. The zero-order valence-corrected chi connectivity index (χ0v) is 10.4. The molecule has 0 bridgehead atoms. The molecule has 1 fully saturated rings. The van der Waals surface area contributed by atoms with Gasteiger partial charge in [0.1, 0.15) is 0 Å². The average molecular weight is 256 g/mol. The van der Waals surface area contributed by atoms with Crippen LogP contribution in [0.4, 0.5) is 5.69 Å². The van der Waals surface area contributed by atoms with Crippen molar-refractivity contribution in [3.63, 3.8) is 0 Å². The van der Waals surface area contributed by atoms with Crippen LogP contribution in [0.2, 0.25) is 0 Å². The van der Waals surface area contributed by atoms with E-state index in [0.717, 1.165) is 0 Å². The van der Waals surface area contributed by atoms with Crippen LogP contribution in [0.5, 0.6) is 0 Å². The van der Waals surface area contributed by atoms with E-state index in [-0.39, 0.29) is 18.8 Å². The highest BCUT2D eigenvalue weighted by Crippen LogP contribution is 2.26. The van der Waals surface area contributed by atoms with Gasteiger partial charge in [0.2, 0.25) is 10.0 Å². The molecular weight excluding hydrogens is 240 g/mol. The van der Waals surface area contributed by atoms with E-state index in [1.165, 1.54) is 4.31 Å². The van der Waals surface area contributed by atoms with Crippen LogP contribution in [0, 0.1) is 0 Å². The van der Waals surface area contributed by atoms with Crippen LogP contribution < -0.4 is 5.73 Å². The molecule has 1 saturated heterocycles. The number of benzene rings is 1. The Morgan fingerprint density at radius 1 is 1.41 bits per heavy atom. The Kier molecular flexibility index (Phi) is 2.89. The van der Waals surface area contributed by atoms with Crippen molar-refractivity contribution >= 4 is 15.7 Å². The number of nitrogen functional groups attached to an aromatic ring is 1. The normalized spacial score (nSPS) is 19.9. The Bertz CT molecular complexity index is 517. The summed E-state index contributed by atoms with van der Waals surface area (Å²) in [6.07, 6.45) is 0. The summed E-state index contributed by atoms with van der Waals surface area (Å²) in [6, 6.07) is 6.90. The third-order valence-electron chi connectivity index (χ3n) is 2.82. The number of hydrogen-bond acceptors (Lipinski definition) is 4. The second-order valence-corrected chi connectivity index (χ2v) is 6.69. The summed E-state index contributed by atoms with van der Waals surface area (Å²) in [4.78, 5) is 0. The zero-order valence-electron chi connectivity index (χ0n) is 9.63. The smallest absolute Gasteiger partial charge is 0.218 e.